The van der Waals surface area contributed by atoms with Crippen molar-refractivity contribution in [2.75, 3.05) is 14.2 Å². The summed E-state index contributed by atoms with van der Waals surface area (Å²) in [6.07, 6.45) is 1.75. The van der Waals surface area contributed by atoms with Gasteiger partial charge in [-0.3, -0.25) is 4.98 Å². The molecule has 0 saturated carbocycles. The number of hydrogen-bond acceptors (Lipinski definition) is 6. The molecule has 1 aliphatic rings. The number of pyridine rings is 1. The molecule has 0 saturated heterocycles. The summed E-state index contributed by atoms with van der Waals surface area (Å²) < 4.78 is 11.2. The molecule has 3 aromatic rings. The molecule has 2 N–H and O–H groups in total. The maximum atomic E-state index is 6.61. The molecule has 1 unspecified atom stereocenters. The molecule has 0 aliphatic carbocycles. The summed E-state index contributed by atoms with van der Waals surface area (Å²) in [6, 6.07) is 19.2. The topological polar surface area (TPSA) is 73.0 Å². The van der Waals surface area contributed by atoms with E-state index < -0.39 is 6.04 Å². The van der Waals surface area contributed by atoms with Gasteiger partial charge < -0.3 is 20.1 Å². The highest BCUT2D eigenvalue weighted by Gasteiger charge is 2.27. The molecule has 0 amide bonds. The van der Waals surface area contributed by atoms with Gasteiger partial charge in [-0.05, 0) is 35.9 Å². The highest BCUT2D eigenvalue weighted by molar-refractivity contribution is 5.92. The molecule has 4 rings (SSSR count). The second kappa shape index (κ2) is 9.61. The van der Waals surface area contributed by atoms with E-state index in [1.807, 2.05) is 54.6 Å². The third kappa shape index (κ3) is 4.25. The first-order chi connectivity index (χ1) is 14.2. The minimum Gasteiger partial charge on any atom is -0.496 e. The van der Waals surface area contributed by atoms with Gasteiger partial charge in [0, 0.05) is 12.7 Å². The van der Waals surface area contributed by atoms with Crippen molar-refractivity contribution in [2.24, 2.45) is 10.7 Å². The maximum Gasteiger partial charge on any atom is 0.129 e. The average molecular weight is 425 g/mol. The maximum absolute atomic E-state index is 6.61. The van der Waals surface area contributed by atoms with Gasteiger partial charge in [0.05, 0.1) is 37.7 Å². The number of hydrogen-bond donors (Lipinski definition) is 1. The Morgan fingerprint density at radius 2 is 1.67 bits per heavy atom. The molecule has 7 heteroatoms. The molecule has 30 heavy (non-hydrogen) atoms. The van der Waals surface area contributed by atoms with Crippen LogP contribution in [0.3, 0.4) is 0 Å². The lowest BCUT2D eigenvalue weighted by atomic mass is 10.0. The summed E-state index contributed by atoms with van der Waals surface area (Å²) in [6.45, 7) is 1.25. The molecule has 156 valence electrons. The van der Waals surface area contributed by atoms with Crippen molar-refractivity contribution < 1.29 is 9.47 Å². The van der Waals surface area contributed by atoms with Crippen molar-refractivity contribution in [3.05, 3.63) is 83.7 Å². The van der Waals surface area contributed by atoms with Gasteiger partial charge in [0.25, 0.3) is 0 Å². The minimum atomic E-state index is -0.440. The summed E-state index contributed by atoms with van der Waals surface area (Å²) >= 11 is 0. The van der Waals surface area contributed by atoms with E-state index in [9.17, 15) is 0 Å². The number of fused-ring (bicyclic) bond motifs is 1. The summed E-state index contributed by atoms with van der Waals surface area (Å²) in [5, 5.41) is 0. The van der Waals surface area contributed by atoms with Crippen LogP contribution in [0.4, 0.5) is 5.69 Å². The summed E-state index contributed by atoms with van der Waals surface area (Å²) in [5.74, 6) is 2.32. The summed E-state index contributed by atoms with van der Waals surface area (Å²) in [5.41, 5.74) is 10.4. The van der Waals surface area contributed by atoms with Crippen LogP contribution in [-0.4, -0.2) is 29.9 Å². The van der Waals surface area contributed by atoms with E-state index >= 15 is 0 Å². The molecule has 2 heterocycles. The first-order valence-corrected chi connectivity index (χ1v) is 9.49. The van der Waals surface area contributed by atoms with E-state index in [1.165, 1.54) is 0 Å². The van der Waals surface area contributed by atoms with Crippen LogP contribution in [0.25, 0.3) is 0 Å². The Balaban J connectivity index is 0.00000256. The zero-order valence-electron chi connectivity index (χ0n) is 17.0. The van der Waals surface area contributed by atoms with Crippen molar-refractivity contribution in [1.82, 2.24) is 9.88 Å². The van der Waals surface area contributed by atoms with Crippen molar-refractivity contribution in [3.63, 3.8) is 0 Å². The SMILES string of the molecule is COc1cccc(OC)c1CN1Cc2ccccc2N=C1C(N)c1ccccn1.Cl. The zero-order valence-corrected chi connectivity index (χ0v) is 17.8. The molecule has 6 nitrogen and oxygen atoms in total. The predicted octanol–water partition coefficient (Wildman–Crippen LogP) is 4.27. The quantitative estimate of drug-likeness (QED) is 0.639. The van der Waals surface area contributed by atoms with Gasteiger partial charge in [-0.15, -0.1) is 12.4 Å². The number of amidine groups is 1. The number of nitrogens with two attached hydrogens (primary N) is 1. The smallest absolute Gasteiger partial charge is 0.129 e. The van der Waals surface area contributed by atoms with Crippen LogP contribution in [0.15, 0.2) is 71.9 Å². The van der Waals surface area contributed by atoms with Gasteiger partial charge in [-0.2, -0.15) is 0 Å². The standard InChI is InChI=1S/C23H24N4O2.ClH/c1-28-20-11-7-12-21(29-2)17(20)15-27-14-16-8-3-4-9-18(16)26-23(27)22(24)19-10-5-6-13-25-19;/h3-13,22H,14-15,24H2,1-2H3;1H. The zero-order chi connectivity index (χ0) is 20.2. The lowest BCUT2D eigenvalue weighted by molar-refractivity contribution is 0.344. The molecule has 1 atom stereocenters. The third-order valence-electron chi connectivity index (χ3n) is 5.08. The predicted molar refractivity (Wildman–Crippen MR) is 121 cm³/mol. The number of ether oxygens (including phenoxy) is 2. The van der Waals surface area contributed by atoms with Gasteiger partial charge in [0.2, 0.25) is 0 Å². The fourth-order valence-electron chi connectivity index (χ4n) is 3.60. The number of nitrogens with zero attached hydrogens (tertiary/aromatic N) is 3. The van der Waals surface area contributed by atoms with Crippen LogP contribution in [0, 0.1) is 0 Å². The van der Waals surface area contributed by atoms with Crippen LogP contribution in [0.5, 0.6) is 11.5 Å². The van der Waals surface area contributed by atoms with Gasteiger partial charge in [0.15, 0.2) is 0 Å². The Hall–Kier alpha value is -3.09. The first kappa shape index (κ1) is 21.6. The Kier molecular flexibility index (Phi) is 6.92. The highest BCUT2D eigenvalue weighted by Crippen LogP contribution is 2.34. The molecule has 0 bridgehead atoms. The second-order valence-electron chi connectivity index (χ2n) is 6.83. The summed E-state index contributed by atoms with van der Waals surface area (Å²) in [4.78, 5) is 11.5. The van der Waals surface area contributed by atoms with E-state index in [2.05, 4.69) is 16.0 Å². The van der Waals surface area contributed by atoms with Crippen LogP contribution in [0.2, 0.25) is 0 Å². The molecular weight excluding hydrogens is 400 g/mol. The second-order valence-corrected chi connectivity index (χ2v) is 6.83. The molecule has 2 aromatic carbocycles. The van der Waals surface area contributed by atoms with E-state index in [0.717, 1.165) is 39.8 Å². The number of aromatic nitrogens is 1. The van der Waals surface area contributed by atoms with E-state index in [0.29, 0.717) is 13.1 Å². The fraction of sp³-hybridized carbons (Fsp3) is 0.217. The van der Waals surface area contributed by atoms with Crippen molar-refractivity contribution in [1.29, 1.82) is 0 Å². The lowest BCUT2D eigenvalue weighted by Gasteiger charge is -2.34. The normalized spacial score (nSPS) is 13.6. The average Bonchev–Trinajstić information content (AvgIpc) is 2.78. The Morgan fingerprint density at radius 1 is 0.967 bits per heavy atom. The first-order valence-electron chi connectivity index (χ1n) is 9.49. The monoisotopic (exact) mass is 424 g/mol. The van der Waals surface area contributed by atoms with Crippen LogP contribution in [0.1, 0.15) is 22.9 Å². The van der Waals surface area contributed by atoms with Crippen molar-refractivity contribution in [2.45, 2.75) is 19.1 Å². The molecule has 0 spiro atoms. The number of benzene rings is 2. The molecule has 0 radical (unpaired) electrons. The fourth-order valence-corrected chi connectivity index (χ4v) is 3.60. The van der Waals surface area contributed by atoms with Crippen molar-refractivity contribution in [3.8, 4) is 11.5 Å². The number of halogens is 1. The van der Waals surface area contributed by atoms with Gasteiger partial charge in [0.1, 0.15) is 23.4 Å². The van der Waals surface area contributed by atoms with Crippen LogP contribution < -0.4 is 15.2 Å². The van der Waals surface area contributed by atoms with Crippen LogP contribution in [-0.2, 0) is 13.1 Å². The Morgan fingerprint density at radius 3 is 2.33 bits per heavy atom. The Labute approximate surface area is 182 Å². The number of para-hydroxylation sites is 1. The van der Waals surface area contributed by atoms with Gasteiger partial charge in [-0.1, -0.05) is 30.3 Å². The van der Waals surface area contributed by atoms with E-state index in [-0.39, 0.29) is 12.4 Å². The molecule has 0 fully saturated rings. The molecular formula is C23H25ClN4O2. The number of aliphatic imine (C=N–C) groups is 1. The van der Waals surface area contributed by atoms with Crippen LogP contribution >= 0.6 is 12.4 Å². The van der Waals surface area contributed by atoms with Gasteiger partial charge >= 0.3 is 0 Å². The van der Waals surface area contributed by atoms with Crippen molar-refractivity contribution >= 4 is 23.9 Å². The lowest BCUT2D eigenvalue weighted by Crippen LogP contribution is -2.40. The number of methoxy groups -OCH3 is 2. The van der Waals surface area contributed by atoms with E-state index in [1.54, 1.807) is 20.4 Å². The Bertz CT molecular complexity index is 1000. The minimum absolute atomic E-state index is 0. The van der Waals surface area contributed by atoms with E-state index in [4.69, 9.17) is 20.2 Å². The molecule has 1 aliphatic heterocycles. The summed E-state index contributed by atoms with van der Waals surface area (Å²) in [7, 11) is 3.33. The molecule has 1 aromatic heterocycles. The third-order valence-corrected chi connectivity index (χ3v) is 5.08. The largest absolute Gasteiger partial charge is 0.496 e. The highest BCUT2D eigenvalue weighted by atomic mass is 35.5. The number of rotatable bonds is 6. The van der Waals surface area contributed by atoms with Gasteiger partial charge in [-0.25, -0.2) is 4.99 Å².